The summed E-state index contributed by atoms with van der Waals surface area (Å²) in [5, 5.41) is 23.0. The number of nitrogens with one attached hydrogen (secondary N) is 1. The van der Waals surface area contributed by atoms with Crippen molar-refractivity contribution in [1.82, 2.24) is 5.32 Å². The van der Waals surface area contributed by atoms with Gasteiger partial charge in [-0.15, -0.1) is 0 Å². The van der Waals surface area contributed by atoms with Gasteiger partial charge in [0.25, 0.3) is 0 Å². The Kier molecular flexibility index (Phi) is 43.3. The second-order valence-corrected chi connectivity index (χ2v) is 16.2. The molecule has 0 aromatic rings. The number of hydrogen-bond donors (Lipinski definition) is 3. The lowest BCUT2D eigenvalue weighted by atomic mass is 10.0. The third-order valence-corrected chi connectivity index (χ3v) is 10.9. The van der Waals surface area contributed by atoms with Crippen molar-refractivity contribution in [1.29, 1.82) is 0 Å². The van der Waals surface area contributed by atoms with Crippen LogP contribution in [0, 0.1) is 0 Å². The average Bonchev–Trinajstić information content (AvgIpc) is 3.15. The molecule has 0 aromatic heterocycles. The number of carbonyl (C=O) groups excluding carboxylic acids is 1. The summed E-state index contributed by atoms with van der Waals surface area (Å²) in [6.45, 7) is 4.31. The molecule has 3 N–H and O–H groups in total. The van der Waals surface area contributed by atoms with Crippen molar-refractivity contribution in [2.75, 3.05) is 6.61 Å². The van der Waals surface area contributed by atoms with Crippen molar-refractivity contribution in [3.8, 4) is 0 Å². The Hall–Kier alpha value is -1.13. The highest BCUT2D eigenvalue weighted by atomic mass is 16.3. The van der Waals surface area contributed by atoms with E-state index in [1.54, 1.807) is 6.08 Å². The summed E-state index contributed by atoms with van der Waals surface area (Å²) in [6.07, 6.45) is 57.4. The Morgan fingerprint density at radius 3 is 1.12 bits per heavy atom. The minimum absolute atomic E-state index is 0.0697. The number of unbranched alkanes of at least 4 members (excludes halogenated alkanes) is 34. The molecule has 1 amide bonds. The van der Waals surface area contributed by atoms with Gasteiger partial charge in [-0.05, 0) is 32.1 Å². The average molecular weight is 732 g/mol. The fourth-order valence-corrected chi connectivity index (χ4v) is 7.31. The van der Waals surface area contributed by atoms with Gasteiger partial charge in [0.05, 0.1) is 18.8 Å². The molecule has 0 aliphatic carbocycles. The first-order valence-corrected chi connectivity index (χ1v) is 23.6. The predicted octanol–water partition coefficient (Wildman–Crippen LogP) is 14.8. The lowest BCUT2D eigenvalue weighted by Crippen LogP contribution is -2.45. The normalized spacial score (nSPS) is 13.1. The number of amides is 1. The van der Waals surface area contributed by atoms with Crippen LogP contribution < -0.4 is 5.32 Å². The van der Waals surface area contributed by atoms with E-state index in [2.05, 4.69) is 31.3 Å². The molecule has 0 aliphatic heterocycles. The molecule has 2 unspecified atom stereocenters. The molecule has 0 saturated heterocycles. The summed E-state index contributed by atoms with van der Waals surface area (Å²) >= 11 is 0. The molecule has 2 atom stereocenters. The third-order valence-electron chi connectivity index (χ3n) is 10.9. The van der Waals surface area contributed by atoms with Crippen LogP contribution in [0.25, 0.3) is 0 Å². The zero-order valence-electron chi connectivity index (χ0n) is 35.3. The maximum Gasteiger partial charge on any atom is 0.220 e. The van der Waals surface area contributed by atoms with Crippen LogP contribution >= 0.6 is 0 Å². The van der Waals surface area contributed by atoms with E-state index >= 15 is 0 Å². The number of aliphatic hydroxyl groups excluding tert-OH is 2. The molecule has 0 saturated carbocycles. The minimum Gasteiger partial charge on any atom is -0.394 e. The first kappa shape index (κ1) is 50.9. The zero-order valence-corrected chi connectivity index (χ0v) is 35.3. The minimum atomic E-state index is -0.857. The summed E-state index contributed by atoms with van der Waals surface area (Å²) in [7, 11) is 0. The van der Waals surface area contributed by atoms with E-state index < -0.39 is 12.1 Å². The molecule has 0 spiro atoms. The Morgan fingerprint density at radius 1 is 0.442 bits per heavy atom. The molecule has 4 heteroatoms. The highest BCUT2D eigenvalue weighted by molar-refractivity contribution is 5.76. The van der Waals surface area contributed by atoms with Crippen LogP contribution in [0.2, 0.25) is 0 Å². The Labute approximate surface area is 326 Å². The van der Waals surface area contributed by atoms with Gasteiger partial charge in [0.2, 0.25) is 5.91 Å². The van der Waals surface area contributed by atoms with Gasteiger partial charge in [-0.1, -0.05) is 244 Å². The first-order chi connectivity index (χ1) is 25.7. The summed E-state index contributed by atoms with van der Waals surface area (Å²) in [6, 6.07) is -0.634. The fraction of sp³-hybridized carbons (Fsp3) is 0.896. The third kappa shape index (κ3) is 40.1. The molecule has 0 aliphatic rings. The fourth-order valence-electron chi connectivity index (χ4n) is 7.31. The maximum absolute atomic E-state index is 12.4. The first-order valence-electron chi connectivity index (χ1n) is 23.6. The van der Waals surface area contributed by atoms with Crippen LogP contribution in [0.4, 0.5) is 0 Å². The molecule has 52 heavy (non-hydrogen) atoms. The van der Waals surface area contributed by atoms with Crippen LogP contribution in [0.5, 0.6) is 0 Å². The van der Waals surface area contributed by atoms with E-state index in [0.717, 1.165) is 32.1 Å². The van der Waals surface area contributed by atoms with Crippen LogP contribution in [0.15, 0.2) is 24.3 Å². The summed E-state index contributed by atoms with van der Waals surface area (Å²) in [4.78, 5) is 12.4. The number of rotatable bonds is 43. The lowest BCUT2D eigenvalue weighted by Gasteiger charge is -2.19. The Balaban J connectivity index is 3.48. The van der Waals surface area contributed by atoms with E-state index in [4.69, 9.17) is 0 Å². The monoisotopic (exact) mass is 732 g/mol. The van der Waals surface area contributed by atoms with Crippen molar-refractivity contribution in [2.24, 2.45) is 0 Å². The molecule has 0 aromatic carbocycles. The molecule has 0 heterocycles. The van der Waals surface area contributed by atoms with Gasteiger partial charge in [0, 0.05) is 6.42 Å². The van der Waals surface area contributed by atoms with Crippen molar-refractivity contribution < 1.29 is 15.0 Å². The van der Waals surface area contributed by atoms with Crippen LogP contribution in [0.1, 0.15) is 258 Å². The Morgan fingerprint density at radius 2 is 0.750 bits per heavy atom. The van der Waals surface area contributed by atoms with E-state index in [1.807, 2.05) is 6.08 Å². The van der Waals surface area contributed by atoms with Crippen molar-refractivity contribution >= 4 is 5.91 Å². The van der Waals surface area contributed by atoms with Gasteiger partial charge < -0.3 is 15.5 Å². The lowest BCUT2D eigenvalue weighted by molar-refractivity contribution is -0.123. The van der Waals surface area contributed by atoms with Crippen molar-refractivity contribution in [3.63, 3.8) is 0 Å². The van der Waals surface area contributed by atoms with E-state index in [9.17, 15) is 15.0 Å². The maximum atomic E-state index is 12.4. The van der Waals surface area contributed by atoms with Gasteiger partial charge in [0.1, 0.15) is 0 Å². The molecule has 0 bridgehead atoms. The van der Waals surface area contributed by atoms with Crippen molar-refractivity contribution in [2.45, 2.75) is 270 Å². The van der Waals surface area contributed by atoms with E-state index in [0.29, 0.717) is 6.42 Å². The molecular weight excluding hydrogens is 639 g/mol. The smallest absolute Gasteiger partial charge is 0.220 e. The summed E-state index contributed by atoms with van der Waals surface area (Å²) in [5.74, 6) is -0.0697. The summed E-state index contributed by atoms with van der Waals surface area (Å²) in [5.41, 5.74) is 0. The predicted molar refractivity (Wildman–Crippen MR) is 230 cm³/mol. The van der Waals surface area contributed by atoms with Gasteiger partial charge in [-0.2, -0.15) is 0 Å². The Bertz CT molecular complexity index is 750. The number of allylic oxidation sites excluding steroid dienone is 3. The van der Waals surface area contributed by atoms with Crippen LogP contribution in [-0.2, 0) is 4.79 Å². The second kappa shape index (κ2) is 44.3. The largest absolute Gasteiger partial charge is 0.394 e. The van der Waals surface area contributed by atoms with E-state index in [-0.39, 0.29) is 12.5 Å². The molecule has 0 rings (SSSR count). The molecular formula is C48H93NO3. The standard InChI is InChI=1S/C48H93NO3/c1-3-5-7-9-11-13-15-17-19-20-21-22-23-24-25-26-27-28-29-30-32-34-36-38-40-42-44-48(52)49-46(45-50)47(51)43-41-39-37-35-33-31-18-16-14-12-10-8-6-4-2/h33,35,41,43,46-47,50-51H,3-32,34,36-40,42,44-45H2,1-2H3,(H,49,52)/b35-33+,43-41+. The molecule has 0 radical (unpaired) electrons. The van der Waals surface area contributed by atoms with Gasteiger partial charge in [0.15, 0.2) is 0 Å². The number of hydrogen-bond acceptors (Lipinski definition) is 3. The van der Waals surface area contributed by atoms with Gasteiger partial charge in [-0.25, -0.2) is 0 Å². The highest BCUT2D eigenvalue weighted by Gasteiger charge is 2.17. The molecule has 308 valence electrons. The zero-order chi connectivity index (χ0) is 37.8. The number of carbonyl (C=O) groups is 1. The highest BCUT2D eigenvalue weighted by Crippen LogP contribution is 2.16. The molecule has 0 fully saturated rings. The second-order valence-electron chi connectivity index (χ2n) is 16.2. The van der Waals surface area contributed by atoms with Crippen molar-refractivity contribution in [3.05, 3.63) is 24.3 Å². The van der Waals surface area contributed by atoms with E-state index in [1.165, 1.54) is 205 Å². The quantitative estimate of drug-likeness (QED) is 0.0432. The van der Waals surface area contributed by atoms with Gasteiger partial charge in [-0.3, -0.25) is 4.79 Å². The molecule has 4 nitrogen and oxygen atoms in total. The SMILES string of the molecule is CCCCCCCCCC/C=C/CC/C=C/C(O)C(CO)NC(=O)CCCCCCCCCCCCCCCCCCCCCCCCCCCC. The van der Waals surface area contributed by atoms with Crippen LogP contribution in [0.3, 0.4) is 0 Å². The summed E-state index contributed by atoms with van der Waals surface area (Å²) < 4.78 is 0. The topological polar surface area (TPSA) is 69.6 Å². The van der Waals surface area contributed by atoms with Crippen LogP contribution in [-0.4, -0.2) is 34.9 Å². The number of aliphatic hydroxyl groups is 2. The van der Waals surface area contributed by atoms with Gasteiger partial charge >= 0.3 is 0 Å².